The number of carbonyl (C=O) groups excluding carboxylic acids is 2. The molecule has 2 heterocycles. The Hall–Kier alpha value is -0.750. The smallest absolute Gasteiger partial charge is 0.240 e. The van der Waals surface area contributed by atoms with Crippen LogP contribution in [-0.2, 0) is 9.59 Å². The van der Waals surface area contributed by atoms with Crippen LogP contribution >= 0.6 is 11.8 Å². The summed E-state index contributed by atoms with van der Waals surface area (Å²) < 4.78 is 0. The Morgan fingerprint density at radius 3 is 2.61 bits per heavy atom. The highest BCUT2D eigenvalue weighted by Gasteiger charge is 2.30. The summed E-state index contributed by atoms with van der Waals surface area (Å²) >= 11 is 1.83. The number of hydrogen-bond donors (Lipinski definition) is 2. The highest BCUT2D eigenvalue weighted by atomic mass is 32.2. The Morgan fingerprint density at radius 1 is 1.33 bits per heavy atom. The van der Waals surface area contributed by atoms with Crippen molar-refractivity contribution in [3.8, 4) is 0 Å². The van der Waals surface area contributed by atoms with Crippen LogP contribution in [0.5, 0.6) is 0 Å². The first kappa shape index (κ1) is 13.7. The van der Waals surface area contributed by atoms with E-state index in [0.717, 1.165) is 30.9 Å². The lowest BCUT2D eigenvalue weighted by Crippen LogP contribution is -2.53. The van der Waals surface area contributed by atoms with Crippen molar-refractivity contribution in [2.24, 2.45) is 5.92 Å². The fraction of sp³-hybridized carbons (Fsp3) is 0.833. The van der Waals surface area contributed by atoms with Crippen molar-refractivity contribution in [1.29, 1.82) is 0 Å². The van der Waals surface area contributed by atoms with Gasteiger partial charge in [-0.1, -0.05) is 0 Å². The molecule has 2 amide bonds. The highest BCUT2D eigenvalue weighted by molar-refractivity contribution is 7.99. The van der Waals surface area contributed by atoms with Crippen molar-refractivity contribution in [1.82, 2.24) is 15.5 Å². The largest absolute Gasteiger partial charge is 0.359 e. The average molecular weight is 271 g/mol. The number of nitrogens with one attached hydrogen (secondary N) is 2. The molecule has 2 N–H and O–H groups in total. The van der Waals surface area contributed by atoms with Crippen LogP contribution in [0.2, 0.25) is 0 Å². The zero-order chi connectivity index (χ0) is 13.0. The van der Waals surface area contributed by atoms with Gasteiger partial charge in [-0.25, -0.2) is 0 Å². The first-order valence-electron chi connectivity index (χ1n) is 6.54. The lowest BCUT2D eigenvalue weighted by molar-refractivity contribution is -0.136. The van der Waals surface area contributed by atoms with E-state index in [0.29, 0.717) is 13.1 Å². The molecule has 2 aliphatic rings. The van der Waals surface area contributed by atoms with Crippen molar-refractivity contribution >= 4 is 23.6 Å². The third-order valence-electron chi connectivity index (χ3n) is 3.64. The van der Waals surface area contributed by atoms with E-state index in [1.54, 1.807) is 7.05 Å². The lowest BCUT2D eigenvalue weighted by atomic mass is 9.95. The second-order valence-electron chi connectivity index (χ2n) is 4.80. The van der Waals surface area contributed by atoms with Gasteiger partial charge in [0.2, 0.25) is 11.8 Å². The van der Waals surface area contributed by atoms with Crippen molar-refractivity contribution in [2.75, 3.05) is 38.2 Å². The maximum atomic E-state index is 12.2. The molecule has 2 rings (SSSR count). The van der Waals surface area contributed by atoms with Gasteiger partial charge in [0, 0.05) is 44.1 Å². The van der Waals surface area contributed by atoms with E-state index in [9.17, 15) is 9.59 Å². The lowest BCUT2D eigenvalue weighted by Gasteiger charge is -2.34. The number of amides is 2. The molecular weight excluding hydrogens is 250 g/mol. The molecule has 0 radical (unpaired) electrons. The molecule has 0 aromatic heterocycles. The van der Waals surface area contributed by atoms with Gasteiger partial charge in [0.15, 0.2) is 0 Å². The Labute approximate surface area is 112 Å². The van der Waals surface area contributed by atoms with Gasteiger partial charge < -0.3 is 15.5 Å². The average Bonchev–Trinajstić information content (AvgIpc) is 2.47. The fourth-order valence-corrected chi connectivity index (χ4v) is 3.44. The van der Waals surface area contributed by atoms with Crippen LogP contribution in [0.4, 0.5) is 0 Å². The maximum Gasteiger partial charge on any atom is 0.240 e. The summed E-state index contributed by atoms with van der Waals surface area (Å²) in [6.45, 7) is 2.33. The minimum atomic E-state index is -0.0275. The van der Waals surface area contributed by atoms with Crippen molar-refractivity contribution < 1.29 is 9.59 Å². The van der Waals surface area contributed by atoms with Gasteiger partial charge in [0.05, 0.1) is 6.04 Å². The number of carbonyl (C=O) groups is 2. The van der Waals surface area contributed by atoms with Crippen LogP contribution in [-0.4, -0.2) is 60.9 Å². The van der Waals surface area contributed by atoms with Crippen LogP contribution in [0.25, 0.3) is 0 Å². The quantitative estimate of drug-likeness (QED) is 0.722. The molecule has 0 saturated carbocycles. The fourth-order valence-electron chi connectivity index (χ4n) is 2.51. The van der Waals surface area contributed by atoms with Gasteiger partial charge in [-0.2, -0.15) is 11.8 Å². The van der Waals surface area contributed by atoms with Gasteiger partial charge in [0.25, 0.3) is 0 Å². The zero-order valence-electron chi connectivity index (χ0n) is 10.8. The third-order valence-corrected chi connectivity index (χ3v) is 4.71. The third kappa shape index (κ3) is 3.17. The molecule has 0 bridgehead atoms. The molecule has 0 spiro atoms. The van der Waals surface area contributed by atoms with E-state index < -0.39 is 0 Å². The van der Waals surface area contributed by atoms with Gasteiger partial charge in [-0.05, 0) is 12.8 Å². The molecule has 1 unspecified atom stereocenters. The Bertz CT molecular complexity index is 310. The Balaban J connectivity index is 1.81. The molecule has 0 aromatic carbocycles. The van der Waals surface area contributed by atoms with Gasteiger partial charge in [-0.3, -0.25) is 9.59 Å². The summed E-state index contributed by atoms with van der Waals surface area (Å²) in [6.07, 6.45) is 1.57. The summed E-state index contributed by atoms with van der Waals surface area (Å²) in [5.41, 5.74) is 0. The molecule has 5 nitrogen and oxygen atoms in total. The van der Waals surface area contributed by atoms with Crippen molar-refractivity contribution in [3.05, 3.63) is 0 Å². The van der Waals surface area contributed by atoms with Crippen LogP contribution in [0.3, 0.4) is 0 Å². The summed E-state index contributed by atoms with van der Waals surface area (Å²) in [4.78, 5) is 25.7. The number of rotatable bonds is 2. The second kappa shape index (κ2) is 6.43. The van der Waals surface area contributed by atoms with Gasteiger partial charge in [0.1, 0.15) is 0 Å². The molecule has 1 atom stereocenters. The summed E-state index contributed by atoms with van der Waals surface area (Å²) in [5, 5.41) is 5.95. The van der Waals surface area contributed by atoms with E-state index in [2.05, 4.69) is 10.6 Å². The Kier molecular flexibility index (Phi) is 4.88. The maximum absolute atomic E-state index is 12.2. The van der Waals surface area contributed by atoms with Gasteiger partial charge >= 0.3 is 0 Å². The van der Waals surface area contributed by atoms with Crippen LogP contribution in [0.15, 0.2) is 0 Å². The molecular formula is C12H21N3O2S. The molecule has 6 heteroatoms. The highest BCUT2D eigenvalue weighted by Crippen LogP contribution is 2.19. The standard InChI is InChI=1S/C12H21N3O2S/c1-13-11(16)9-2-5-15(6-3-9)12(17)10-8-18-7-4-14-10/h9-10,14H,2-8H2,1H3,(H,13,16). The molecule has 18 heavy (non-hydrogen) atoms. The number of nitrogens with zero attached hydrogens (tertiary/aromatic N) is 1. The molecule has 2 aliphatic heterocycles. The van der Waals surface area contributed by atoms with E-state index in [1.807, 2.05) is 16.7 Å². The predicted molar refractivity (Wildman–Crippen MR) is 72.5 cm³/mol. The monoisotopic (exact) mass is 271 g/mol. The summed E-state index contributed by atoms with van der Waals surface area (Å²) in [7, 11) is 1.67. The van der Waals surface area contributed by atoms with Gasteiger partial charge in [-0.15, -0.1) is 0 Å². The predicted octanol–water partition coefficient (Wildman–Crippen LogP) is -0.324. The minimum Gasteiger partial charge on any atom is -0.359 e. The Morgan fingerprint density at radius 2 is 2.06 bits per heavy atom. The molecule has 2 saturated heterocycles. The zero-order valence-corrected chi connectivity index (χ0v) is 11.6. The van der Waals surface area contributed by atoms with Crippen LogP contribution in [0, 0.1) is 5.92 Å². The first-order valence-corrected chi connectivity index (χ1v) is 7.69. The summed E-state index contributed by atoms with van der Waals surface area (Å²) in [5.74, 6) is 2.34. The van der Waals surface area contributed by atoms with Crippen LogP contribution < -0.4 is 10.6 Å². The number of likely N-dealkylation sites (tertiary alicyclic amines) is 1. The van der Waals surface area contributed by atoms with E-state index >= 15 is 0 Å². The molecule has 2 fully saturated rings. The minimum absolute atomic E-state index is 0.0275. The molecule has 102 valence electrons. The van der Waals surface area contributed by atoms with E-state index in [4.69, 9.17) is 0 Å². The van der Waals surface area contributed by atoms with Crippen molar-refractivity contribution in [2.45, 2.75) is 18.9 Å². The number of thioether (sulfide) groups is 1. The number of piperidine rings is 1. The SMILES string of the molecule is CNC(=O)C1CCN(C(=O)C2CSCCN2)CC1. The normalized spacial score (nSPS) is 25.8. The van der Waals surface area contributed by atoms with Crippen LogP contribution in [0.1, 0.15) is 12.8 Å². The van der Waals surface area contributed by atoms with E-state index in [-0.39, 0.29) is 23.8 Å². The molecule has 0 aliphatic carbocycles. The van der Waals surface area contributed by atoms with E-state index in [1.165, 1.54) is 0 Å². The summed E-state index contributed by atoms with van der Waals surface area (Å²) in [6, 6.07) is -0.0275. The second-order valence-corrected chi connectivity index (χ2v) is 5.95. The molecule has 0 aromatic rings. The first-order chi connectivity index (χ1) is 8.72. The topological polar surface area (TPSA) is 61.4 Å². The van der Waals surface area contributed by atoms with Crippen molar-refractivity contribution in [3.63, 3.8) is 0 Å². The number of hydrogen-bond acceptors (Lipinski definition) is 4.